The first-order valence-corrected chi connectivity index (χ1v) is 5.15. The second-order valence-electron chi connectivity index (χ2n) is 3.64. The molecular formula is C11H14N2O2. The van der Waals surface area contributed by atoms with Gasteiger partial charge in [-0.25, -0.2) is 4.79 Å². The minimum absolute atomic E-state index is 0.0210. The molecule has 0 aromatic carbocycles. The van der Waals surface area contributed by atoms with Crippen molar-refractivity contribution in [2.24, 2.45) is 0 Å². The van der Waals surface area contributed by atoms with Crippen LogP contribution in [0.15, 0.2) is 24.3 Å². The fourth-order valence-corrected chi connectivity index (χ4v) is 2.21. The molecule has 2 amide bonds. The highest BCUT2D eigenvalue weighted by atomic mass is 16.2. The van der Waals surface area contributed by atoms with Gasteiger partial charge in [0.25, 0.3) is 0 Å². The summed E-state index contributed by atoms with van der Waals surface area (Å²) in [6.07, 6.45) is 8.63. The van der Waals surface area contributed by atoms with Crippen molar-refractivity contribution in [2.75, 3.05) is 13.1 Å². The van der Waals surface area contributed by atoms with E-state index in [1.54, 1.807) is 9.80 Å². The fraction of sp³-hybridized carbons (Fsp3) is 0.455. The van der Waals surface area contributed by atoms with Crippen LogP contribution in [0.4, 0.5) is 4.79 Å². The van der Waals surface area contributed by atoms with E-state index in [2.05, 4.69) is 0 Å². The van der Waals surface area contributed by atoms with Crippen molar-refractivity contribution in [3.8, 4) is 0 Å². The molecule has 2 rings (SSSR count). The summed E-state index contributed by atoms with van der Waals surface area (Å²) in [4.78, 5) is 25.8. The molecule has 0 saturated carbocycles. The first kappa shape index (κ1) is 9.96. The van der Waals surface area contributed by atoms with Crippen LogP contribution in [0.25, 0.3) is 0 Å². The van der Waals surface area contributed by atoms with E-state index in [0.717, 1.165) is 6.29 Å². The molecule has 1 aliphatic carbocycles. The number of urea groups is 1. The molecule has 0 aromatic rings. The van der Waals surface area contributed by atoms with E-state index in [9.17, 15) is 9.59 Å². The zero-order chi connectivity index (χ0) is 10.8. The van der Waals surface area contributed by atoms with Gasteiger partial charge in [-0.2, -0.15) is 0 Å². The Morgan fingerprint density at radius 2 is 1.87 bits per heavy atom. The number of carbonyl (C=O) groups is 2. The van der Waals surface area contributed by atoms with Crippen LogP contribution >= 0.6 is 0 Å². The summed E-state index contributed by atoms with van der Waals surface area (Å²) in [6.45, 7) is 2.80. The van der Waals surface area contributed by atoms with Crippen molar-refractivity contribution in [1.82, 2.24) is 9.80 Å². The third-order valence-corrected chi connectivity index (χ3v) is 2.90. The second kappa shape index (κ2) is 3.88. The van der Waals surface area contributed by atoms with Crippen LogP contribution in [-0.2, 0) is 4.79 Å². The van der Waals surface area contributed by atoms with Crippen molar-refractivity contribution in [2.45, 2.75) is 19.0 Å². The van der Waals surface area contributed by atoms with E-state index in [1.165, 1.54) is 0 Å². The molecule has 4 heteroatoms. The lowest BCUT2D eigenvalue weighted by molar-refractivity contribution is -0.108. The van der Waals surface area contributed by atoms with Gasteiger partial charge in [-0.1, -0.05) is 24.3 Å². The molecule has 15 heavy (non-hydrogen) atoms. The van der Waals surface area contributed by atoms with E-state index >= 15 is 0 Å². The maximum Gasteiger partial charge on any atom is 0.321 e. The van der Waals surface area contributed by atoms with Crippen LogP contribution < -0.4 is 0 Å². The molecule has 1 saturated heterocycles. The van der Waals surface area contributed by atoms with E-state index in [4.69, 9.17) is 0 Å². The molecule has 0 aromatic heterocycles. The topological polar surface area (TPSA) is 40.6 Å². The summed E-state index contributed by atoms with van der Waals surface area (Å²) < 4.78 is 0. The maximum atomic E-state index is 11.9. The predicted molar refractivity (Wildman–Crippen MR) is 56.4 cm³/mol. The third-order valence-electron chi connectivity index (χ3n) is 2.90. The van der Waals surface area contributed by atoms with Crippen molar-refractivity contribution in [1.29, 1.82) is 0 Å². The molecule has 2 unspecified atom stereocenters. The summed E-state index contributed by atoms with van der Waals surface area (Å²) in [7, 11) is 0. The molecule has 80 valence electrons. The summed E-state index contributed by atoms with van der Waals surface area (Å²) in [5.74, 6) is 0. The second-order valence-corrected chi connectivity index (χ2v) is 3.64. The number of hydrogen-bond acceptors (Lipinski definition) is 2. The van der Waals surface area contributed by atoms with E-state index in [1.807, 2.05) is 31.2 Å². The Hall–Kier alpha value is -1.58. The van der Waals surface area contributed by atoms with Gasteiger partial charge in [0.15, 0.2) is 0 Å². The molecule has 1 heterocycles. The van der Waals surface area contributed by atoms with Crippen LogP contribution in [0.1, 0.15) is 6.92 Å². The first-order chi connectivity index (χ1) is 7.29. The van der Waals surface area contributed by atoms with E-state index < -0.39 is 0 Å². The Kier molecular flexibility index (Phi) is 2.58. The van der Waals surface area contributed by atoms with E-state index in [0.29, 0.717) is 6.54 Å². The molecular weight excluding hydrogens is 192 g/mol. The predicted octanol–water partition coefficient (Wildman–Crippen LogP) is 0.806. The van der Waals surface area contributed by atoms with Gasteiger partial charge in [0.1, 0.15) is 6.29 Å². The molecule has 2 atom stereocenters. The highest BCUT2D eigenvalue weighted by Crippen LogP contribution is 2.26. The first-order valence-electron chi connectivity index (χ1n) is 5.15. The Morgan fingerprint density at radius 3 is 2.40 bits per heavy atom. The number of carbonyl (C=O) groups excluding carboxylic acids is 2. The normalized spacial score (nSPS) is 28.5. The molecule has 0 N–H and O–H groups in total. The van der Waals surface area contributed by atoms with Crippen LogP contribution in [-0.4, -0.2) is 47.3 Å². The van der Waals surface area contributed by atoms with Gasteiger partial charge in [0.2, 0.25) is 0 Å². The summed E-state index contributed by atoms with van der Waals surface area (Å²) in [6, 6.07) is 0.0656. The molecule has 1 aliphatic heterocycles. The number of likely N-dealkylation sites (N-methyl/N-ethyl adjacent to an activating group) is 1. The highest BCUT2D eigenvalue weighted by molar-refractivity contribution is 5.81. The van der Waals surface area contributed by atoms with Gasteiger partial charge in [-0.3, -0.25) is 0 Å². The van der Waals surface area contributed by atoms with Crippen molar-refractivity contribution < 1.29 is 9.59 Å². The van der Waals surface area contributed by atoms with Crippen molar-refractivity contribution in [3.05, 3.63) is 24.3 Å². The number of aldehydes is 1. The van der Waals surface area contributed by atoms with Gasteiger partial charge in [0, 0.05) is 6.54 Å². The smallest absolute Gasteiger partial charge is 0.316 e. The average molecular weight is 206 g/mol. The van der Waals surface area contributed by atoms with Gasteiger partial charge in [-0.05, 0) is 6.92 Å². The molecule has 0 bridgehead atoms. The summed E-state index contributed by atoms with van der Waals surface area (Å²) >= 11 is 0. The van der Waals surface area contributed by atoms with E-state index in [-0.39, 0.29) is 24.7 Å². The van der Waals surface area contributed by atoms with Gasteiger partial charge >= 0.3 is 6.03 Å². The Balaban J connectivity index is 2.28. The van der Waals surface area contributed by atoms with Crippen LogP contribution in [0, 0.1) is 0 Å². The minimum atomic E-state index is -0.0456. The largest absolute Gasteiger partial charge is 0.321 e. The van der Waals surface area contributed by atoms with Crippen LogP contribution in [0.3, 0.4) is 0 Å². The monoisotopic (exact) mass is 206 g/mol. The highest BCUT2D eigenvalue weighted by Gasteiger charge is 2.42. The zero-order valence-corrected chi connectivity index (χ0v) is 8.67. The van der Waals surface area contributed by atoms with Gasteiger partial charge in [-0.15, -0.1) is 0 Å². The number of hydrogen-bond donors (Lipinski definition) is 0. The Bertz CT molecular complexity index is 335. The van der Waals surface area contributed by atoms with Crippen LogP contribution in [0.5, 0.6) is 0 Å². The lowest BCUT2D eigenvalue weighted by Crippen LogP contribution is -2.36. The van der Waals surface area contributed by atoms with Gasteiger partial charge in [0.05, 0.1) is 18.6 Å². The summed E-state index contributed by atoms with van der Waals surface area (Å²) in [5, 5.41) is 0. The number of rotatable bonds is 3. The summed E-state index contributed by atoms with van der Waals surface area (Å²) in [5.41, 5.74) is 0. The Morgan fingerprint density at radius 1 is 1.27 bits per heavy atom. The van der Waals surface area contributed by atoms with Crippen LogP contribution in [0.2, 0.25) is 0 Å². The zero-order valence-electron chi connectivity index (χ0n) is 8.67. The molecule has 1 fully saturated rings. The number of fused-ring (bicyclic) bond motifs is 1. The lowest BCUT2D eigenvalue weighted by Gasteiger charge is -2.23. The molecule has 0 radical (unpaired) electrons. The maximum absolute atomic E-state index is 11.9. The number of allylic oxidation sites excluding steroid dienone is 2. The van der Waals surface area contributed by atoms with Crippen molar-refractivity contribution in [3.63, 3.8) is 0 Å². The third kappa shape index (κ3) is 1.46. The lowest BCUT2D eigenvalue weighted by atomic mass is 10.0. The Labute approximate surface area is 88.8 Å². The molecule has 0 spiro atoms. The van der Waals surface area contributed by atoms with Crippen molar-refractivity contribution >= 4 is 12.3 Å². The fourth-order valence-electron chi connectivity index (χ4n) is 2.21. The minimum Gasteiger partial charge on any atom is -0.316 e. The molecule has 2 aliphatic rings. The standard InChI is InChI=1S/C11H14N2O2/c1-2-12-9-5-3-4-6-10(9)13(7-8-14)11(12)15/h3-6,8-10H,2,7H2,1H3. The SMILES string of the molecule is CCN1C(=O)N(CC=O)C2C=CC=CC21. The van der Waals surface area contributed by atoms with Gasteiger partial charge < -0.3 is 14.6 Å². The quantitative estimate of drug-likeness (QED) is 0.641. The average Bonchev–Trinajstić information content (AvgIpc) is 2.53. The number of nitrogens with zero attached hydrogens (tertiary/aromatic N) is 2. The number of amides is 2. The molecule has 4 nitrogen and oxygen atoms in total.